The fourth-order valence-corrected chi connectivity index (χ4v) is 2.16. The standard InChI is InChI=1S/C11H20N2O2/c1-13(7-8-5-10(14)6-8)11(15)12-9-3-2-4-9/h8-10,14H,2-7H2,1H3,(H,12,15). The second kappa shape index (κ2) is 4.39. The molecule has 0 aliphatic heterocycles. The molecule has 0 aromatic rings. The average Bonchev–Trinajstić information content (AvgIpc) is 2.08. The Morgan fingerprint density at radius 3 is 2.60 bits per heavy atom. The number of nitrogens with one attached hydrogen (secondary N) is 1. The van der Waals surface area contributed by atoms with Gasteiger partial charge in [0.15, 0.2) is 0 Å². The molecule has 4 heteroatoms. The van der Waals surface area contributed by atoms with Crippen molar-refractivity contribution in [2.45, 2.75) is 44.2 Å². The van der Waals surface area contributed by atoms with Gasteiger partial charge in [-0.1, -0.05) is 0 Å². The molecular formula is C11H20N2O2. The molecule has 0 bridgehead atoms. The van der Waals surface area contributed by atoms with E-state index in [0.717, 1.165) is 32.2 Å². The zero-order valence-electron chi connectivity index (χ0n) is 9.28. The molecule has 2 rings (SSSR count). The van der Waals surface area contributed by atoms with E-state index in [2.05, 4.69) is 5.32 Å². The average molecular weight is 212 g/mol. The van der Waals surface area contributed by atoms with Crippen molar-refractivity contribution in [1.82, 2.24) is 10.2 Å². The van der Waals surface area contributed by atoms with Gasteiger partial charge in [-0.3, -0.25) is 0 Å². The van der Waals surface area contributed by atoms with Crippen molar-refractivity contribution in [2.75, 3.05) is 13.6 Å². The van der Waals surface area contributed by atoms with Gasteiger partial charge in [0.05, 0.1) is 6.10 Å². The summed E-state index contributed by atoms with van der Waals surface area (Å²) in [5.74, 6) is 0.497. The second-order valence-electron chi connectivity index (χ2n) is 4.95. The van der Waals surface area contributed by atoms with Crippen LogP contribution in [-0.4, -0.2) is 41.8 Å². The van der Waals surface area contributed by atoms with Crippen LogP contribution in [-0.2, 0) is 0 Å². The normalized spacial score (nSPS) is 30.3. The number of hydrogen-bond donors (Lipinski definition) is 2. The molecule has 2 N–H and O–H groups in total. The first-order valence-electron chi connectivity index (χ1n) is 5.85. The van der Waals surface area contributed by atoms with Gasteiger partial charge in [0.2, 0.25) is 0 Å². The Kier molecular flexibility index (Phi) is 3.14. The highest BCUT2D eigenvalue weighted by molar-refractivity contribution is 5.74. The Morgan fingerprint density at radius 2 is 2.13 bits per heavy atom. The van der Waals surface area contributed by atoms with Crippen molar-refractivity contribution < 1.29 is 9.90 Å². The van der Waals surface area contributed by atoms with Gasteiger partial charge in [0, 0.05) is 19.6 Å². The number of amides is 2. The van der Waals surface area contributed by atoms with Crippen LogP contribution in [0.3, 0.4) is 0 Å². The minimum atomic E-state index is -0.127. The summed E-state index contributed by atoms with van der Waals surface area (Å²) in [5, 5.41) is 12.1. The highest BCUT2D eigenvalue weighted by Crippen LogP contribution is 2.27. The van der Waals surface area contributed by atoms with E-state index in [-0.39, 0.29) is 12.1 Å². The Morgan fingerprint density at radius 1 is 1.47 bits per heavy atom. The lowest BCUT2D eigenvalue weighted by Crippen LogP contribution is -2.48. The lowest BCUT2D eigenvalue weighted by Gasteiger charge is -2.35. The third-order valence-corrected chi connectivity index (χ3v) is 3.52. The van der Waals surface area contributed by atoms with Crippen LogP contribution in [0.25, 0.3) is 0 Å². The van der Waals surface area contributed by atoms with E-state index in [1.807, 2.05) is 7.05 Å². The van der Waals surface area contributed by atoms with Crippen molar-refractivity contribution in [3.8, 4) is 0 Å². The lowest BCUT2D eigenvalue weighted by atomic mass is 9.82. The number of nitrogens with zero attached hydrogens (tertiary/aromatic N) is 1. The van der Waals surface area contributed by atoms with E-state index < -0.39 is 0 Å². The van der Waals surface area contributed by atoms with Crippen LogP contribution in [0, 0.1) is 5.92 Å². The third kappa shape index (κ3) is 2.62. The van der Waals surface area contributed by atoms with Crippen molar-refractivity contribution in [1.29, 1.82) is 0 Å². The smallest absolute Gasteiger partial charge is 0.317 e. The van der Waals surface area contributed by atoms with Crippen LogP contribution in [0.2, 0.25) is 0 Å². The maximum absolute atomic E-state index is 11.7. The van der Waals surface area contributed by atoms with Gasteiger partial charge in [-0.15, -0.1) is 0 Å². The largest absolute Gasteiger partial charge is 0.393 e. The van der Waals surface area contributed by atoms with Gasteiger partial charge in [-0.25, -0.2) is 4.79 Å². The molecule has 2 aliphatic rings. The van der Waals surface area contributed by atoms with Crippen LogP contribution < -0.4 is 5.32 Å². The Balaban J connectivity index is 1.65. The molecule has 0 radical (unpaired) electrons. The van der Waals surface area contributed by atoms with E-state index in [1.165, 1.54) is 6.42 Å². The van der Waals surface area contributed by atoms with Gasteiger partial charge >= 0.3 is 6.03 Å². The Bertz CT molecular complexity index is 235. The number of hydrogen-bond acceptors (Lipinski definition) is 2. The molecule has 4 nitrogen and oxygen atoms in total. The Hall–Kier alpha value is -0.770. The number of aliphatic hydroxyl groups excluding tert-OH is 1. The topological polar surface area (TPSA) is 52.6 Å². The van der Waals surface area contributed by atoms with Crippen molar-refractivity contribution in [3.63, 3.8) is 0 Å². The summed E-state index contributed by atoms with van der Waals surface area (Å²) in [4.78, 5) is 13.4. The fraction of sp³-hybridized carbons (Fsp3) is 0.909. The maximum Gasteiger partial charge on any atom is 0.317 e. The van der Waals surface area contributed by atoms with Gasteiger partial charge < -0.3 is 15.3 Å². The van der Waals surface area contributed by atoms with Crippen LogP contribution in [0.15, 0.2) is 0 Å². The fourth-order valence-electron chi connectivity index (χ4n) is 2.16. The number of carbonyl (C=O) groups is 1. The van der Waals surface area contributed by atoms with Crippen molar-refractivity contribution in [2.24, 2.45) is 5.92 Å². The first kappa shape index (κ1) is 10.7. The summed E-state index contributed by atoms with van der Waals surface area (Å²) in [5.41, 5.74) is 0. The molecule has 2 saturated carbocycles. The molecule has 0 aromatic heterocycles. The molecule has 0 saturated heterocycles. The monoisotopic (exact) mass is 212 g/mol. The molecule has 0 heterocycles. The predicted octanol–water partition coefficient (Wildman–Crippen LogP) is 0.951. The summed E-state index contributed by atoms with van der Waals surface area (Å²) < 4.78 is 0. The minimum absolute atomic E-state index is 0.0427. The zero-order chi connectivity index (χ0) is 10.8. The molecule has 0 atom stereocenters. The first-order chi connectivity index (χ1) is 7.15. The van der Waals surface area contributed by atoms with E-state index >= 15 is 0 Å². The number of urea groups is 1. The number of carbonyl (C=O) groups excluding carboxylic acids is 1. The van der Waals surface area contributed by atoms with Gasteiger partial charge in [-0.05, 0) is 38.0 Å². The van der Waals surface area contributed by atoms with Crippen LogP contribution in [0.1, 0.15) is 32.1 Å². The number of rotatable bonds is 3. The summed E-state index contributed by atoms with van der Waals surface area (Å²) in [6, 6.07) is 0.452. The molecule has 2 fully saturated rings. The van der Waals surface area contributed by atoms with Gasteiger partial charge in [-0.2, -0.15) is 0 Å². The summed E-state index contributed by atoms with van der Waals surface area (Å²) in [6.45, 7) is 0.773. The lowest BCUT2D eigenvalue weighted by molar-refractivity contribution is 0.0322. The molecule has 86 valence electrons. The van der Waals surface area contributed by atoms with E-state index in [1.54, 1.807) is 4.90 Å². The molecule has 0 aromatic carbocycles. The maximum atomic E-state index is 11.7. The number of aliphatic hydroxyl groups is 1. The SMILES string of the molecule is CN(CC1CC(O)C1)C(=O)NC1CCC1. The summed E-state index contributed by atoms with van der Waals surface area (Å²) in [6.07, 6.45) is 5.06. The highest BCUT2D eigenvalue weighted by atomic mass is 16.3. The minimum Gasteiger partial charge on any atom is -0.393 e. The predicted molar refractivity (Wildman–Crippen MR) is 57.5 cm³/mol. The van der Waals surface area contributed by atoms with Crippen LogP contribution in [0.4, 0.5) is 4.79 Å². The van der Waals surface area contributed by atoms with Gasteiger partial charge in [0.1, 0.15) is 0 Å². The van der Waals surface area contributed by atoms with Crippen LogP contribution in [0.5, 0.6) is 0 Å². The zero-order valence-corrected chi connectivity index (χ0v) is 9.28. The molecule has 2 aliphatic carbocycles. The molecule has 0 unspecified atom stereocenters. The van der Waals surface area contributed by atoms with E-state index in [9.17, 15) is 4.79 Å². The quantitative estimate of drug-likeness (QED) is 0.732. The molecule has 15 heavy (non-hydrogen) atoms. The summed E-state index contributed by atoms with van der Waals surface area (Å²) in [7, 11) is 1.83. The van der Waals surface area contributed by atoms with Crippen LogP contribution >= 0.6 is 0 Å². The molecule has 2 amide bonds. The second-order valence-corrected chi connectivity index (χ2v) is 4.95. The molecular weight excluding hydrogens is 192 g/mol. The van der Waals surface area contributed by atoms with Crippen molar-refractivity contribution >= 4 is 6.03 Å². The highest BCUT2D eigenvalue weighted by Gasteiger charge is 2.29. The third-order valence-electron chi connectivity index (χ3n) is 3.52. The summed E-state index contributed by atoms with van der Waals surface area (Å²) >= 11 is 0. The van der Waals surface area contributed by atoms with Crippen molar-refractivity contribution in [3.05, 3.63) is 0 Å². The van der Waals surface area contributed by atoms with E-state index in [0.29, 0.717) is 12.0 Å². The molecule has 0 spiro atoms. The van der Waals surface area contributed by atoms with E-state index in [4.69, 9.17) is 5.11 Å². The first-order valence-corrected chi connectivity index (χ1v) is 5.85. The Labute approximate surface area is 90.6 Å². The van der Waals surface area contributed by atoms with Gasteiger partial charge in [0.25, 0.3) is 0 Å².